The van der Waals surface area contributed by atoms with Gasteiger partial charge in [0, 0.05) is 31.6 Å². The molecule has 1 fully saturated rings. The van der Waals surface area contributed by atoms with Gasteiger partial charge in [0.1, 0.15) is 11.9 Å². The summed E-state index contributed by atoms with van der Waals surface area (Å²) in [5, 5.41) is 1.24. The molecule has 6 nitrogen and oxygen atoms in total. The van der Waals surface area contributed by atoms with Gasteiger partial charge in [0.25, 0.3) is 0 Å². The fraction of sp³-hybridized carbons (Fsp3) is 0.400. The minimum atomic E-state index is 0. The van der Waals surface area contributed by atoms with Crippen LogP contribution >= 0.6 is 12.4 Å². The molecule has 27 heavy (non-hydrogen) atoms. The van der Waals surface area contributed by atoms with Gasteiger partial charge in [0.2, 0.25) is 0 Å². The van der Waals surface area contributed by atoms with E-state index in [2.05, 4.69) is 31.9 Å². The summed E-state index contributed by atoms with van der Waals surface area (Å²) in [4.78, 5) is 13.2. The number of aromatic nitrogens is 2. The van der Waals surface area contributed by atoms with Crippen LogP contribution in [0.3, 0.4) is 0 Å². The normalized spacial score (nSPS) is 14.9. The third kappa shape index (κ3) is 4.34. The average molecular weight is 389 g/mol. The largest absolute Gasteiger partial charge is 0.491 e. The molecule has 0 spiro atoms. The molecule has 3 heterocycles. The molecule has 1 aliphatic rings. The van der Waals surface area contributed by atoms with Crippen molar-refractivity contribution in [3.05, 3.63) is 48.6 Å². The molecule has 0 N–H and O–H groups in total. The average Bonchev–Trinajstić information content (AvgIpc) is 3.12. The number of piperazine rings is 1. The molecule has 0 saturated carbocycles. The van der Waals surface area contributed by atoms with Crippen LogP contribution in [-0.2, 0) is 6.42 Å². The maximum Gasteiger partial charge on any atom is 0.179 e. The van der Waals surface area contributed by atoms with Crippen molar-refractivity contribution in [1.29, 1.82) is 0 Å². The van der Waals surface area contributed by atoms with E-state index in [-0.39, 0.29) is 12.4 Å². The number of benzene rings is 1. The Morgan fingerprint density at radius 3 is 2.78 bits per heavy atom. The monoisotopic (exact) mass is 388 g/mol. The molecule has 1 aliphatic heterocycles. The van der Waals surface area contributed by atoms with Crippen LogP contribution in [0.5, 0.6) is 5.75 Å². The first-order chi connectivity index (χ1) is 12.8. The fourth-order valence-electron chi connectivity index (χ4n) is 3.59. The molecule has 0 bridgehead atoms. The van der Waals surface area contributed by atoms with Crippen molar-refractivity contribution in [3.8, 4) is 5.75 Å². The molecule has 1 aromatic carbocycles. The SMILES string of the molecule is COc1cncnc1N1CCN(CCCc2coc3ccccc23)CC1.Cl. The van der Waals surface area contributed by atoms with Crippen LogP contribution in [0.4, 0.5) is 5.82 Å². The topological polar surface area (TPSA) is 54.6 Å². The van der Waals surface area contributed by atoms with Gasteiger partial charge in [-0.25, -0.2) is 9.97 Å². The number of fused-ring (bicyclic) bond motifs is 1. The summed E-state index contributed by atoms with van der Waals surface area (Å²) in [6, 6.07) is 8.26. The number of nitrogens with zero attached hydrogens (tertiary/aromatic N) is 4. The Balaban J connectivity index is 0.00000210. The molecule has 0 amide bonds. The highest BCUT2D eigenvalue weighted by atomic mass is 35.5. The summed E-state index contributed by atoms with van der Waals surface area (Å²) in [7, 11) is 1.66. The van der Waals surface area contributed by atoms with E-state index < -0.39 is 0 Å². The number of aryl methyl sites for hydroxylation is 1. The summed E-state index contributed by atoms with van der Waals surface area (Å²) in [5.74, 6) is 1.64. The fourth-order valence-corrected chi connectivity index (χ4v) is 3.59. The maximum atomic E-state index is 5.63. The molecular weight excluding hydrogens is 364 g/mol. The summed E-state index contributed by atoms with van der Waals surface area (Å²) >= 11 is 0. The highest BCUT2D eigenvalue weighted by Gasteiger charge is 2.20. The Morgan fingerprint density at radius 2 is 1.96 bits per heavy atom. The first kappa shape index (κ1) is 19.5. The number of anilines is 1. The number of rotatable bonds is 6. The number of hydrogen-bond acceptors (Lipinski definition) is 6. The van der Waals surface area contributed by atoms with Crippen molar-refractivity contribution >= 4 is 29.2 Å². The molecule has 144 valence electrons. The van der Waals surface area contributed by atoms with Crippen LogP contribution in [0.2, 0.25) is 0 Å². The van der Waals surface area contributed by atoms with Gasteiger partial charge in [-0.05, 0) is 31.0 Å². The van der Waals surface area contributed by atoms with Gasteiger partial charge in [-0.15, -0.1) is 12.4 Å². The van der Waals surface area contributed by atoms with E-state index in [0.29, 0.717) is 0 Å². The van der Waals surface area contributed by atoms with Crippen LogP contribution in [0.25, 0.3) is 11.0 Å². The van der Waals surface area contributed by atoms with Gasteiger partial charge in [0.05, 0.1) is 19.6 Å². The third-order valence-electron chi connectivity index (χ3n) is 5.03. The van der Waals surface area contributed by atoms with Crippen molar-refractivity contribution in [2.45, 2.75) is 12.8 Å². The number of halogens is 1. The van der Waals surface area contributed by atoms with Gasteiger partial charge >= 0.3 is 0 Å². The van der Waals surface area contributed by atoms with Crippen LogP contribution < -0.4 is 9.64 Å². The number of para-hydroxylation sites is 1. The first-order valence-corrected chi connectivity index (χ1v) is 9.11. The van der Waals surface area contributed by atoms with Gasteiger partial charge < -0.3 is 14.1 Å². The van der Waals surface area contributed by atoms with E-state index in [1.165, 1.54) is 10.9 Å². The molecule has 2 aromatic heterocycles. The third-order valence-corrected chi connectivity index (χ3v) is 5.03. The van der Waals surface area contributed by atoms with Gasteiger partial charge in [0.15, 0.2) is 11.6 Å². The van der Waals surface area contributed by atoms with Crippen molar-refractivity contribution < 1.29 is 9.15 Å². The second-order valence-electron chi connectivity index (χ2n) is 6.60. The molecule has 0 radical (unpaired) electrons. The zero-order valence-electron chi connectivity index (χ0n) is 15.5. The Labute approximate surface area is 165 Å². The van der Waals surface area contributed by atoms with E-state index >= 15 is 0 Å². The number of methoxy groups -OCH3 is 1. The highest BCUT2D eigenvalue weighted by Crippen LogP contribution is 2.25. The van der Waals surface area contributed by atoms with E-state index in [0.717, 1.165) is 62.7 Å². The maximum absolute atomic E-state index is 5.63. The molecule has 7 heteroatoms. The minimum Gasteiger partial charge on any atom is -0.491 e. The van der Waals surface area contributed by atoms with E-state index in [1.807, 2.05) is 18.4 Å². The summed E-state index contributed by atoms with van der Waals surface area (Å²) in [5.41, 5.74) is 2.29. The van der Waals surface area contributed by atoms with Crippen LogP contribution in [0, 0.1) is 0 Å². The lowest BCUT2D eigenvalue weighted by atomic mass is 10.1. The lowest BCUT2D eigenvalue weighted by Gasteiger charge is -2.35. The standard InChI is InChI=1S/C20H24N4O2.ClH/c1-25-19-13-21-15-22-20(19)24-11-9-23(10-12-24)8-4-5-16-14-26-18-7-3-2-6-17(16)18;/h2-3,6-7,13-15H,4-5,8-12H2,1H3;1H. The number of hydrogen-bond donors (Lipinski definition) is 0. The molecular formula is C20H25ClN4O2. The van der Waals surface area contributed by atoms with E-state index in [4.69, 9.17) is 9.15 Å². The van der Waals surface area contributed by atoms with E-state index in [1.54, 1.807) is 19.6 Å². The molecule has 0 atom stereocenters. The lowest BCUT2D eigenvalue weighted by molar-refractivity contribution is 0.253. The molecule has 4 rings (SSSR count). The van der Waals surface area contributed by atoms with Gasteiger partial charge in [-0.3, -0.25) is 4.90 Å². The number of ether oxygens (including phenoxy) is 1. The highest BCUT2D eigenvalue weighted by molar-refractivity contribution is 5.85. The predicted octanol–water partition coefficient (Wildman–Crippen LogP) is 3.41. The Morgan fingerprint density at radius 1 is 1.15 bits per heavy atom. The van der Waals surface area contributed by atoms with Crippen molar-refractivity contribution in [2.24, 2.45) is 0 Å². The van der Waals surface area contributed by atoms with Crippen molar-refractivity contribution in [1.82, 2.24) is 14.9 Å². The smallest absolute Gasteiger partial charge is 0.179 e. The van der Waals surface area contributed by atoms with E-state index in [9.17, 15) is 0 Å². The summed E-state index contributed by atoms with van der Waals surface area (Å²) < 4.78 is 11.0. The lowest BCUT2D eigenvalue weighted by Crippen LogP contribution is -2.47. The Kier molecular flexibility index (Phi) is 6.53. The zero-order valence-corrected chi connectivity index (χ0v) is 16.3. The minimum absolute atomic E-state index is 0. The summed E-state index contributed by atoms with van der Waals surface area (Å²) in [6.45, 7) is 5.11. The number of furan rings is 1. The Bertz CT molecular complexity index is 862. The second-order valence-corrected chi connectivity index (χ2v) is 6.60. The molecule has 1 saturated heterocycles. The molecule has 3 aromatic rings. The predicted molar refractivity (Wildman–Crippen MR) is 109 cm³/mol. The zero-order chi connectivity index (χ0) is 17.8. The van der Waals surface area contributed by atoms with Crippen LogP contribution in [0.1, 0.15) is 12.0 Å². The quantitative estimate of drug-likeness (QED) is 0.645. The van der Waals surface area contributed by atoms with Crippen LogP contribution in [-0.4, -0.2) is 54.7 Å². The van der Waals surface area contributed by atoms with Crippen molar-refractivity contribution in [2.75, 3.05) is 44.7 Å². The second kappa shape index (κ2) is 9.06. The van der Waals surface area contributed by atoms with Gasteiger partial charge in [-0.1, -0.05) is 18.2 Å². The van der Waals surface area contributed by atoms with Crippen molar-refractivity contribution in [3.63, 3.8) is 0 Å². The molecule has 0 unspecified atom stereocenters. The van der Waals surface area contributed by atoms with Gasteiger partial charge in [-0.2, -0.15) is 0 Å². The Hall–Kier alpha value is -2.31. The summed E-state index contributed by atoms with van der Waals surface area (Å²) in [6.07, 6.45) is 7.41. The van der Waals surface area contributed by atoms with Crippen LogP contribution in [0.15, 0.2) is 47.5 Å². The molecule has 0 aliphatic carbocycles. The first-order valence-electron chi connectivity index (χ1n) is 9.11.